The van der Waals surface area contributed by atoms with E-state index in [9.17, 15) is 0 Å². The van der Waals surface area contributed by atoms with Crippen LogP contribution in [-0.2, 0) is 0 Å². The average Bonchev–Trinajstić information content (AvgIpc) is 3.17. The molecule has 1 saturated carbocycles. The van der Waals surface area contributed by atoms with Gasteiger partial charge in [-0.1, -0.05) is 31.4 Å². The molecule has 5 rings (SSSR count). The SMILES string of the molecule is Nc1nnc(-c2ccc3cc[nH]c3c2)c2ccncc12.OC1CCCCC1. The van der Waals surface area contributed by atoms with Crippen LogP contribution in [0.3, 0.4) is 0 Å². The number of rotatable bonds is 1. The molecule has 1 aromatic carbocycles. The third-order valence-electron chi connectivity index (χ3n) is 5.01. The summed E-state index contributed by atoms with van der Waals surface area (Å²) in [4.78, 5) is 7.30. The highest BCUT2D eigenvalue weighted by Crippen LogP contribution is 2.29. The molecular formula is C21H23N5O. The molecule has 3 aromatic heterocycles. The summed E-state index contributed by atoms with van der Waals surface area (Å²) in [7, 11) is 0. The van der Waals surface area contributed by atoms with Crippen molar-refractivity contribution < 1.29 is 5.11 Å². The quantitative estimate of drug-likeness (QED) is 0.474. The smallest absolute Gasteiger partial charge is 0.155 e. The van der Waals surface area contributed by atoms with Gasteiger partial charge in [-0.15, -0.1) is 10.2 Å². The van der Waals surface area contributed by atoms with Gasteiger partial charge in [-0.25, -0.2) is 0 Å². The van der Waals surface area contributed by atoms with E-state index in [1.54, 1.807) is 12.4 Å². The number of nitrogens with one attached hydrogen (secondary N) is 1. The van der Waals surface area contributed by atoms with Crippen molar-refractivity contribution in [3.8, 4) is 11.3 Å². The van der Waals surface area contributed by atoms with Crippen molar-refractivity contribution in [3.63, 3.8) is 0 Å². The maximum absolute atomic E-state index is 8.91. The number of aliphatic hydroxyl groups excluding tert-OH is 1. The fourth-order valence-electron chi connectivity index (χ4n) is 3.51. The Kier molecular flexibility index (Phi) is 4.98. The number of benzene rings is 1. The van der Waals surface area contributed by atoms with E-state index in [2.05, 4.69) is 32.3 Å². The Labute approximate surface area is 157 Å². The van der Waals surface area contributed by atoms with Crippen LogP contribution in [0.5, 0.6) is 0 Å². The van der Waals surface area contributed by atoms with E-state index in [0.29, 0.717) is 5.82 Å². The minimum atomic E-state index is 0.0359. The van der Waals surface area contributed by atoms with Gasteiger partial charge in [0, 0.05) is 40.4 Å². The second-order valence-electron chi connectivity index (χ2n) is 6.93. The zero-order chi connectivity index (χ0) is 18.6. The highest BCUT2D eigenvalue weighted by Gasteiger charge is 2.10. The van der Waals surface area contributed by atoms with Crippen molar-refractivity contribution in [2.75, 3.05) is 5.73 Å². The summed E-state index contributed by atoms with van der Waals surface area (Å²) in [5.41, 5.74) is 8.75. The van der Waals surface area contributed by atoms with E-state index in [1.807, 2.05) is 24.4 Å². The van der Waals surface area contributed by atoms with Gasteiger partial charge in [-0.2, -0.15) is 0 Å². The lowest BCUT2D eigenvalue weighted by Gasteiger charge is -2.14. The van der Waals surface area contributed by atoms with Crippen LogP contribution in [0.15, 0.2) is 48.9 Å². The second kappa shape index (κ2) is 7.72. The van der Waals surface area contributed by atoms with Crippen molar-refractivity contribution in [2.45, 2.75) is 38.2 Å². The summed E-state index contributed by atoms with van der Waals surface area (Å²) in [6.45, 7) is 0. The molecule has 1 aliphatic carbocycles. The molecule has 0 bridgehead atoms. The van der Waals surface area contributed by atoms with Gasteiger partial charge in [-0.3, -0.25) is 4.98 Å². The van der Waals surface area contributed by atoms with Crippen LogP contribution in [0.4, 0.5) is 5.82 Å². The molecule has 6 heteroatoms. The lowest BCUT2D eigenvalue weighted by Crippen LogP contribution is -2.09. The molecule has 0 radical (unpaired) electrons. The summed E-state index contributed by atoms with van der Waals surface area (Å²) >= 11 is 0. The lowest BCUT2D eigenvalue weighted by atomic mass is 9.98. The fraction of sp³-hybridized carbons (Fsp3) is 0.286. The molecular weight excluding hydrogens is 338 g/mol. The van der Waals surface area contributed by atoms with Gasteiger partial charge in [0.1, 0.15) is 5.69 Å². The summed E-state index contributed by atoms with van der Waals surface area (Å²) < 4.78 is 0. The van der Waals surface area contributed by atoms with Crippen LogP contribution in [0.2, 0.25) is 0 Å². The molecule has 138 valence electrons. The molecule has 1 fully saturated rings. The van der Waals surface area contributed by atoms with Crippen molar-refractivity contribution in [2.24, 2.45) is 0 Å². The maximum atomic E-state index is 8.91. The molecule has 4 N–H and O–H groups in total. The Morgan fingerprint density at radius 3 is 2.63 bits per heavy atom. The van der Waals surface area contributed by atoms with Crippen molar-refractivity contribution in [1.82, 2.24) is 20.2 Å². The number of hydrogen-bond acceptors (Lipinski definition) is 5. The minimum Gasteiger partial charge on any atom is -0.393 e. The van der Waals surface area contributed by atoms with Crippen LogP contribution < -0.4 is 5.73 Å². The van der Waals surface area contributed by atoms with E-state index in [0.717, 1.165) is 40.4 Å². The monoisotopic (exact) mass is 361 g/mol. The second-order valence-corrected chi connectivity index (χ2v) is 6.93. The third-order valence-corrected chi connectivity index (χ3v) is 5.01. The number of pyridine rings is 1. The zero-order valence-electron chi connectivity index (χ0n) is 15.1. The van der Waals surface area contributed by atoms with Crippen LogP contribution >= 0.6 is 0 Å². The first kappa shape index (κ1) is 17.4. The molecule has 27 heavy (non-hydrogen) atoms. The highest BCUT2D eigenvalue weighted by molar-refractivity contribution is 6.00. The molecule has 6 nitrogen and oxygen atoms in total. The number of nitrogen functional groups attached to an aromatic ring is 1. The number of nitrogens with zero attached hydrogens (tertiary/aromatic N) is 3. The van der Waals surface area contributed by atoms with Crippen LogP contribution in [-0.4, -0.2) is 31.4 Å². The summed E-state index contributed by atoms with van der Waals surface area (Å²) in [5, 5.41) is 20.1. The van der Waals surface area contributed by atoms with Crippen LogP contribution in [0.1, 0.15) is 32.1 Å². The van der Waals surface area contributed by atoms with Gasteiger partial charge in [0.15, 0.2) is 5.82 Å². The zero-order valence-corrected chi connectivity index (χ0v) is 15.1. The first-order valence-electron chi connectivity index (χ1n) is 9.34. The first-order chi connectivity index (χ1) is 13.2. The topological polar surface area (TPSA) is 101 Å². The lowest BCUT2D eigenvalue weighted by molar-refractivity contribution is 0.130. The predicted molar refractivity (Wildman–Crippen MR) is 108 cm³/mol. The number of aromatic amines is 1. The van der Waals surface area contributed by atoms with E-state index < -0.39 is 0 Å². The highest BCUT2D eigenvalue weighted by atomic mass is 16.3. The standard InChI is InChI=1S/C15H11N5.C6H12O/c16-15-12-8-17-5-4-11(12)14(19-20-15)10-2-1-9-3-6-18-13(9)7-10;7-6-4-2-1-3-5-6/h1-8,18H,(H2,16,20);6-7H,1-5H2. The van der Waals surface area contributed by atoms with E-state index >= 15 is 0 Å². The number of aliphatic hydroxyl groups is 1. The van der Waals surface area contributed by atoms with E-state index in [4.69, 9.17) is 10.8 Å². The summed E-state index contributed by atoms with van der Waals surface area (Å²) in [5.74, 6) is 0.401. The number of hydrogen-bond donors (Lipinski definition) is 3. The van der Waals surface area contributed by atoms with Crippen molar-refractivity contribution in [1.29, 1.82) is 0 Å². The molecule has 0 saturated heterocycles. The van der Waals surface area contributed by atoms with Crippen LogP contribution in [0, 0.1) is 0 Å². The van der Waals surface area contributed by atoms with Crippen molar-refractivity contribution in [3.05, 3.63) is 48.9 Å². The van der Waals surface area contributed by atoms with E-state index in [-0.39, 0.29) is 6.10 Å². The third kappa shape index (κ3) is 3.75. The summed E-state index contributed by atoms with van der Waals surface area (Å²) in [6, 6.07) is 10.1. The Morgan fingerprint density at radius 2 is 1.85 bits per heavy atom. The van der Waals surface area contributed by atoms with Gasteiger partial charge in [0.2, 0.25) is 0 Å². The maximum Gasteiger partial charge on any atom is 0.155 e. The Balaban J connectivity index is 0.000000218. The number of fused-ring (bicyclic) bond motifs is 2. The fourth-order valence-corrected chi connectivity index (χ4v) is 3.51. The largest absolute Gasteiger partial charge is 0.393 e. The number of anilines is 1. The van der Waals surface area contributed by atoms with Gasteiger partial charge in [0.05, 0.1) is 6.10 Å². The molecule has 4 aromatic rings. The summed E-state index contributed by atoms with van der Waals surface area (Å²) in [6.07, 6.45) is 11.3. The van der Waals surface area contributed by atoms with Gasteiger partial charge < -0.3 is 15.8 Å². The molecule has 3 heterocycles. The molecule has 0 aliphatic heterocycles. The normalized spacial score (nSPS) is 14.9. The number of nitrogens with two attached hydrogens (primary N) is 1. The average molecular weight is 361 g/mol. The molecule has 1 aliphatic rings. The number of aromatic nitrogens is 4. The Bertz CT molecular complexity index is 1050. The van der Waals surface area contributed by atoms with Gasteiger partial charge in [-0.05, 0) is 36.4 Å². The molecule has 0 unspecified atom stereocenters. The molecule has 0 atom stereocenters. The Morgan fingerprint density at radius 1 is 1.00 bits per heavy atom. The van der Waals surface area contributed by atoms with E-state index in [1.165, 1.54) is 24.6 Å². The van der Waals surface area contributed by atoms with Gasteiger partial charge >= 0.3 is 0 Å². The van der Waals surface area contributed by atoms with Crippen molar-refractivity contribution >= 4 is 27.5 Å². The first-order valence-corrected chi connectivity index (χ1v) is 9.34. The molecule has 0 amide bonds. The predicted octanol–water partition coefficient (Wildman–Crippen LogP) is 4.07. The molecule has 0 spiro atoms. The van der Waals surface area contributed by atoms with Gasteiger partial charge in [0.25, 0.3) is 0 Å². The minimum absolute atomic E-state index is 0.0359. The Hall–Kier alpha value is -2.99. The van der Waals surface area contributed by atoms with Crippen LogP contribution in [0.25, 0.3) is 32.9 Å². The number of H-pyrrole nitrogens is 1.